The van der Waals surface area contributed by atoms with Crippen LogP contribution < -0.4 is 4.90 Å². The first kappa shape index (κ1) is 13.4. The van der Waals surface area contributed by atoms with Crippen molar-refractivity contribution in [1.82, 2.24) is 9.55 Å². The lowest BCUT2D eigenvalue weighted by Crippen LogP contribution is -2.42. The zero-order chi connectivity index (χ0) is 15.0. The van der Waals surface area contributed by atoms with Crippen LogP contribution in [0.15, 0.2) is 36.8 Å². The number of para-hydroxylation sites is 1. The van der Waals surface area contributed by atoms with E-state index in [0.717, 1.165) is 11.3 Å². The average Bonchev–Trinajstić information content (AvgIpc) is 2.92. The number of nitrogens with zero attached hydrogens (tertiary/aromatic N) is 3. The SMILES string of the molecule is Cn1cnc(C(=O)N2CC(C(=O)O)Cc3ccccc32)c1. The maximum absolute atomic E-state index is 12.6. The molecule has 0 bridgehead atoms. The molecule has 0 radical (unpaired) electrons. The summed E-state index contributed by atoms with van der Waals surface area (Å²) in [4.78, 5) is 29.5. The van der Waals surface area contributed by atoms with E-state index in [0.29, 0.717) is 12.1 Å². The fourth-order valence-electron chi connectivity index (χ4n) is 2.61. The van der Waals surface area contributed by atoms with Crippen LogP contribution in [-0.2, 0) is 18.3 Å². The summed E-state index contributed by atoms with van der Waals surface area (Å²) < 4.78 is 1.69. The second kappa shape index (κ2) is 5.05. The number of anilines is 1. The Morgan fingerprint density at radius 3 is 2.76 bits per heavy atom. The number of hydrogen-bond acceptors (Lipinski definition) is 3. The molecule has 0 fully saturated rings. The largest absolute Gasteiger partial charge is 0.481 e. The predicted octanol–water partition coefficient (Wildman–Crippen LogP) is 1.32. The first-order valence-corrected chi connectivity index (χ1v) is 6.67. The summed E-state index contributed by atoms with van der Waals surface area (Å²) in [6.45, 7) is 0.168. The molecule has 108 valence electrons. The van der Waals surface area contributed by atoms with E-state index < -0.39 is 11.9 Å². The molecule has 1 unspecified atom stereocenters. The average molecular weight is 285 g/mol. The van der Waals surface area contributed by atoms with Gasteiger partial charge in [0, 0.05) is 25.5 Å². The highest BCUT2D eigenvalue weighted by Gasteiger charge is 2.33. The van der Waals surface area contributed by atoms with Gasteiger partial charge in [-0.2, -0.15) is 0 Å². The number of hydrogen-bond donors (Lipinski definition) is 1. The van der Waals surface area contributed by atoms with Gasteiger partial charge in [-0.3, -0.25) is 9.59 Å². The molecule has 1 aromatic carbocycles. The van der Waals surface area contributed by atoms with Crippen molar-refractivity contribution in [3.8, 4) is 0 Å². The zero-order valence-electron chi connectivity index (χ0n) is 11.6. The molecule has 3 rings (SSSR count). The molecular formula is C15H15N3O3. The van der Waals surface area contributed by atoms with E-state index in [4.69, 9.17) is 0 Å². The Hall–Kier alpha value is -2.63. The second-order valence-electron chi connectivity index (χ2n) is 5.21. The van der Waals surface area contributed by atoms with Gasteiger partial charge in [0.15, 0.2) is 0 Å². The van der Waals surface area contributed by atoms with Gasteiger partial charge in [0.05, 0.1) is 12.2 Å². The highest BCUT2D eigenvalue weighted by atomic mass is 16.4. The van der Waals surface area contributed by atoms with E-state index in [1.165, 1.54) is 4.90 Å². The van der Waals surface area contributed by atoms with Gasteiger partial charge in [0.1, 0.15) is 5.69 Å². The van der Waals surface area contributed by atoms with Crippen LogP contribution in [0, 0.1) is 5.92 Å². The summed E-state index contributed by atoms with van der Waals surface area (Å²) in [5.74, 6) is -1.75. The molecule has 0 aliphatic carbocycles. The summed E-state index contributed by atoms with van der Waals surface area (Å²) in [5, 5.41) is 9.28. The standard InChI is InChI=1S/C15H15N3O3/c1-17-8-12(16-9-17)14(19)18-7-11(15(20)21)6-10-4-2-3-5-13(10)18/h2-5,8-9,11H,6-7H2,1H3,(H,20,21). The smallest absolute Gasteiger partial charge is 0.308 e. The van der Waals surface area contributed by atoms with E-state index >= 15 is 0 Å². The van der Waals surface area contributed by atoms with Crippen LogP contribution in [0.4, 0.5) is 5.69 Å². The summed E-state index contributed by atoms with van der Waals surface area (Å²) in [6, 6.07) is 7.41. The normalized spacial score (nSPS) is 17.4. The van der Waals surface area contributed by atoms with Crippen LogP contribution in [-0.4, -0.2) is 33.1 Å². The van der Waals surface area contributed by atoms with Crippen LogP contribution >= 0.6 is 0 Å². The van der Waals surface area contributed by atoms with Gasteiger partial charge >= 0.3 is 5.97 Å². The number of aryl methyl sites for hydroxylation is 1. The number of imidazole rings is 1. The van der Waals surface area contributed by atoms with Crippen molar-refractivity contribution in [3.05, 3.63) is 48.0 Å². The molecule has 1 aromatic heterocycles. The molecule has 1 aliphatic rings. The minimum absolute atomic E-state index is 0.168. The molecule has 6 heteroatoms. The molecule has 1 atom stereocenters. The molecule has 21 heavy (non-hydrogen) atoms. The Morgan fingerprint density at radius 1 is 1.33 bits per heavy atom. The van der Waals surface area contributed by atoms with Crippen molar-refractivity contribution in [2.45, 2.75) is 6.42 Å². The maximum atomic E-state index is 12.6. The third-order valence-corrected chi connectivity index (χ3v) is 3.67. The monoisotopic (exact) mass is 285 g/mol. The van der Waals surface area contributed by atoms with Crippen LogP contribution in [0.3, 0.4) is 0 Å². The van der Waals surface area contributed by atoms with Crippen LogP contribution in [0.25, 0.3) is 0 Å². The Balaban J connectivity index is 2.00. The molecule has 0 saturated heterocycles. The summed E-state index contributed by atoms with van der Waals surface area (Å²) in [7, 11) is 1.79. The molecule has 2 aromatic rings. The zero-order valence-corrected chi connectivity index (χ0v) is 11.6. The number of carbonyl (C=O) groups is 2. The Morgan fingerprint density at radius 2 is 2.10 bits per heavy atom. The van der Waals surface area contributed by atoms with Crippen molar-refractivity contribution in [3.63, 3.8) is 0 Å². The van der Waals surface area contributed by atoms with Crippen LogP contribution in [0.5, 0.6) is 0 Å². The van der Waals surface area contributed by atoms with Gasteiger partial charge in [-0.15, -0.1) is 0 Å². The molecule has 1 aliphatic heterocycles. The first-order valence-electron chi connectivity index (χ1n) is 6.67. The summed E-state index contributed by atoms with van der Waals surface area (Å²) in [5.41, 5.74) is 1.96. The Kier molecular flexibility index (Phi) is 3.21. The van der Waals surface area contributed by atoms with E-state index in [9.17, 15) is 14.7 Å². The molecule has 0 spiro atoms. The number of aliphatic carboxylic acids is 1. The first-order chi connectivity index (χ1) is 10.1. The topological polar surface area (TPSA) is 75.4 Å². The number of carboxylic acid groups (broad SMARTS) is 1. The highest BCUT2D eigenvalue weighted by Crippen LogP contribution is 2.30. The van der Waals surface area contributed by atoms with E-state index in [2.05, 4.69) is 4.98 Å². The van der Waals surface area contributed by atoms with E-state index in [1.807, 2.05) is 24.3 Å². The molecule has 1 N–H and O–H groups in total. The third-order valence-electron chi connectivity index (χ3n) is 3.67. The lowest BCUT2D eigenvalue weighted by Gasteiger charge is -2.32. The molecule has 1 amide bonds. The van der Waals surface area contributed by atoms with Gasteiger partial charge in [-0.1, -0.05) is 18.2 Å². The number of fused-ring (bicyclic) bond motifs is 1. The molecule has 6 nitrogen and oxygen atoms in total. The minimum Gasteiger partial charge on any atom is -0.481 e. The van der Waals surface area contributed by atoms with Crippen molar-refractivity contribution in [1.29, 1.82) is 0 Å². The minimum atomic E-state index is -0.886. The number of carbonyl (C=O) groups excluding carboxylic acids is 1. The van der Waals surface area contributed by atoms with Gasteiger partial charge in [0.2, 0.25) is 0 Å². The lowest BCUT2D eigenvalue weighted by molar-refractivity contribution is -0.141. The third kappa shape index (κ3) is 2.40. The number of rotatable bonds is 2. The molecule has 2 heterocycles. The second-order valence-corrected chi connectivity index (χ2v) is 5.21. The predicted molar refractivity (Wildman–Crippen MR) is 76.2 cm³/mol. The Labute approximate surface area is 121 Å². The maximum Gasteiger partial charge on any atom is 0.308 e. The van der Waals surface area contributed by atoms with E-state index in [-0.39, 0.29) is 12.5 Å². The van der Waals surface area contributed by atoms with Gasteiger partial charge in [-0.25, -0.2) is 4.98 Å². The van der Waals surface area contributed by atoms with Gasteiger partial charge in [-0.05, 0) is 18.1 Å². The summed E-state index contributed by atoms with van der Waals surface area (Å²) >= 11 is 0. The number of benzene rings is 1. The number of carboxylic acids is 1. The number of amides is 1. The van der Waals surface area contributed by atoms with Gasteiger partial charge in [0.25, 0.3) is 5.91 Å². The number of aromatic nitrogens is 2. The molecular weight excluding hydrogens is 270 g/mol. The lowest BCUT2D eigenvalue weighted by atomic mass is 9.92. The van der Waals surface area contributed by atoms with Gasteiger partial charge < -0.3 is 14.6 Å². The highest BCUT2D eigenvalue weighted by molar-refractivity contribution is 6.05. The van der Waals surface area contributed by atoms with Crippen LogP contribution in [0.1, 0.15) is 16.1 Å². The molecule has 0 saturated carbocycles. The quantitative estimate of drug-likeness (QED) is 0.903. The summed E-state index contributed by atoms with van der Waals surface area (Å²) in [6.07, 6.45) is 3.63. The van der Waals surface area contributed by atoms with E-state index in [1.54, 1.807) is 24.1 Å². The Bertz CT molecular complexity index is 708. The van der Waals surface area contributed by atoms with Crippen molar-refractivity contribution in [2.75, 3.05) is 11.4 Å². The fourth-order valence-corrected chi connectivity index (χ4v) is 2.61. The van der Waals surface area contributed by atoms with Crippen LogP contribution in [0.2, 0.25) is 0 Å². The fraction of sp³-hybridized carbons (Fsp3) is 0.267. The van der Waals surface area contributed by atoms with Crippen molar-refractivity contribution < 1.29 is 14.7 Å². The van der Waals surface area contributed by atoms with Crippen molar-refractivity contribution >= 4 is 17.6 Å². The van der Waals surface area contributed by atoms with Crippen molar-refractivity contribution in [2.24, 2.45) is 13.0 Å².